The number of methoxy groups -OCH3 is 1. The second kappa shape index (κ2) is 6.24. The summed E-state index contributed by atoms with van der Waals surface area (Å²) in [7, 11) is 1.52. The van der Waals surface area contributed by atoms with Gasteiger partial charge in [0, 0.05) is 4.47 Å². The summed E-state index contributed by atoms with van der Waals surface area (Å²) < 4.78 is 5.78. The van der Waals surface area contributed by atoms with E-state index >= 15 is 0 Å². The summed E-state index contributed by atoms with van der Waals surface area (Å²) in [5.41, 5.74) is 0.666. The SMILES string of the molecule is COc1ccc(Br)c(C(CC(=O)O)NC=O)c1. The highest BCUT2D eigenvalue weighted by atomic mass is 79.9. The molecule has 5 nitrogen and oxygen atoms in total. The molecule has 0 aliphatic rings. The molecule has 0 aliphatic heterocycles. The number of carbonyl (C=O) groups excluding carboxylic acids is 1. The van der Waals surface area contributed by atoms with Crippen molar-refractivity contribution in [2.75, 3.05) is 7.11 Å². The average Bonchev–Trinajstić information content (AvgIpc) is 2.28. The Morgan fingerprint density at radius 1 is 1.65 bits per heavy atom. The van der Waals surface area contributed by atoms with Crippen molar-refractivity contribution in [2.24, 2.45) is 0 Å². The fourth-order valence-electron chi connectivity index (χ4n) is 1.43. The molecule has 6 heteroatoms. The van der Waals surface area contributed by atoms with Gasteiger partial charge >= 0.3 is 5.97 Å². The normalized spacial score (nSPS) is 11.6. The maximum Gasteiger partial charge on any atom is 0.305 e. The van der Waals surface area contributed by atoms with Crippen LogP contribution in [0.2, 0.25) is 0 Å². The summed E-state index contributed by atoms with van der Waals surface area (Å²) in [6, 6.07) is 4.59. The molecule has 1 amide bonds. The van der Waals surface area contributed by atoms with E-state index in [1.54, 1.807) is 18.2 Å². The molecule has 1 aromatic carbocycles. The largest absolute Gasteiger partial charge is 0.497 e. The summed E-state index contributed by atoms with van der Waals surface area (Å²) in [5.74, 6) is -0.384. The van der Waals surface area contributed by atoms with Crippen LogP contribution in [-0.4, -0.2) is 24.6 Å². The van der Waals surface area contributed by atoms with Gasteiger partial charge < -0.3 is 15.2 Å². The minimum atomic E-state index is -0.987. The molecule has 0 heterocycles. The monoisotopic (exact) mass is 301 g/mol. The van der Waals surface area contributed by atoms with Crippen LogP contribution in [0.3, 0.4) is 0 Å². The second-order valence-electron chi connectivity index (χ2n) is 3.32. The lowest BCUT2D eigenvalue weighted by atomic mass is 10.0. The molecular weight excluding hydrogens is 290 g/mol. The van der Waals surface area contributed by atoms with Crippen molar-refractivity contribution < 1.29 is 19.4 Å². The van der Waals surface area contributed by atoms with Crippen LogP contribution < -0.4 is 10.1 Å². The van der Waals surface area contributed by atoms with Crippen LogP contribution in [0.1, 0.15) is 18.0 Å². The Morgan fingerprint density at radius 3 is 2.88 bits per heavy atom. The van der Waals surface area contributed by atoms with Crippen LogP contribution in [0.4, 0.5) is 0 Å². The van der Waals surface area contributed by atoms with E-state index in [0.717, 1.165) is 4.47 Å². The molecule has 1 aromatic rings. The van der Waals surface area contributed by atoms with E-state index in [0.29, 0.717) is 17.7 Å². The first kappa shape index (κ1) is 13.5. The minimum Gasteiger partial charge on any atom is -0.497 e. The molecule has 0 fully saturated rings. The summed E-state index contributed by atoms with van der Waals surface area (Å²) in [6.45, 7) is 0. The lowest BCUT2D eigenvalue weighted by Gasteiger charge is -2.16. The Labute approximate surface area is 107 Å². The standard InChI is InChI=1S/C11H12BrNO4/c1-17-7-2-3-9(12)8(4-7)10(13-6-14)5-11(15)16/h2-4,6,10H,5H2,1H3,(H,13,14)(H,15,16). The molecule has 1 rings (SSSR count). The zero-order chi connectivity index (χ0) is 12.8. The van der Waals surface area contributed by atoms with Crippen molar-refractivity contribution >= 4 is 28.3 Å². The molecule has 0 aromatic heterocycles. The van der Waals surface area contributed by atoms with E-state index in [1.807, 2.05) is 0 Å². The smallest absolute Gasteiger partial charge is 0.305 e. The zero-order valence-electron chi connectivity index (χ0n) is 9.14. The Hall–Kier alpha value is -1.56. The van der Waals surface area contributed by atoms with Gasteiger partial charge in [-0.2, -0.15) is 0 Å². The topological polar surface area (TPSA) is 75.6 Å². The van der Waals surface area contributed by atoms with E-state index in [-0.39, 0.29) is 6.42 Å². The van der Waals surface area contributed by atoms with Crippen molar-refractivity contribution in [3.8, 4) is 5.75 Å². The summed E-state index contributed by atoms with van der Waals surface area (Å²) in [6.07, 6.45) is 0.296. The van der Waals surface area contributed by atoms with E-state index in [1.165, 1.54) is 7.11 Å². The lowest BCUT2D eigenvalue weighted by molar-refractivity contribution is -0.137. The van der Waals surface area contributed by atoms with Crippen LogP contribution in [0.15, 0.2) is 22.7 Å². The minimum absolute atomic E-state index is 0.190. The molecular formula is C11H12BrNO4. The van der Waals surface area contributed by atoms with E-state index in [4.69, 9.17) is 9.84 Å². The van der Waals surface area contributed by atoms with Gasteiger partial charge in [-0.05, 0) is 23.8 Å². The number of hydrogen-bond acceptors (Lipinski definition) is 3. The van der Waals surface area contributed by atoms with Crippen molar-refractivity contribution in [1.29, 1.82) is 0 Å². The van der Waals surface area contributed by atoms with Crippen molar-refractivity contribution in [3.63, 3.8) is 0 Å². The predicted molar refractivity (Wildman–Crippen MR) is 64.9 cm³/mol. The average molecular weight is 302 g/mol. The first-order valence-corrected chi connectivity index (χ1v) is 5.62. The Balaban J connectivity index is 3.06. The zero-order valence-corrected chi connectivity index (χ0v) is 10.7. The third kappa shape index (κ3) is 3.74. The fourth-order valence-corrected chi connectivity index (χ4v) is 1.95. The van der Waals surface area contributed by atoms with Gasteiger partial charge in [-0.1, -0.05) is 15.9 Å². The van der Waals surface area contributed by atoms with Gasteiger partial charge in [-0.3, -0.25) is 9.59 Å². The maximum absolute atomic E-state index is 10.7. The number of ether oxygens (including phenoxy) is 1. The Morgan fingerprint density at radius 2 is 2.35 bits per heavy atom. The van der Waals surface area contributed by atoms with Crippen LogP contribution >= 0.6 is 15.9 Å². The molecule has 0 saturated heterocycles. The highest BCUT2D eigenvalue weighted by Gasteiger charge is 2.18. The van der Waals surface area contributed by atoms with Crippen LogP contribution in [-0.2, 0) is 9.59 Å². The number of halogens is 1. The van der Waals surface area contributed by atoms with Gasteiger partial charge in [0.25, 0.3) is 0 Å². The van der Waals surface area contributed by atoms with E-state index < -0.39 is 12.0 Å². The van der Waals surface area contributed by atoms with Gasteiger partial charge in [0.1, 0.15) is 5.75 Å². The van der Waals surface area contributed by atoms with E-state index in [2.05, 4.69) is 21.2 Å². The number of carbonyl (C=O) groups is 2. The number of aliphatic carboxylic acids is 1. The van der Waals surface area contributed by atoms with Gasteiger partial charge in [-0.15, -0.1) is 0 Å². The summed E-state index contributed by atoms with van der Waals surface area (Å²) >= 11 is 3.32. The Kier molecular flexibility index (Phi) is 4.96. The van der Waals surface area contributed by atoms with Crippen molar-refractivity contribution in [3.05, 3.63) is 28.2 Å². The van der Waals surface area contributed by atoms with Crippen LogP contribution in [0.5, 0.6) is 5.75 Å². The number of hydrogen-bond donors (Lipinski definition) is 2. The Bertz CT molecular complexity index is 422. The number of rotatable bonds is 6. The third-order valence-corrected chi connectivity index (χ3v) is 2.95. The first-order valence-electron chi connectivity index (χ1n) is 4.83. The van der Waals surface area contributed by atoms with Gasteiger partial charge in [0.2, 0.25) is 6.41 Å². The summed E-state index contributed by atoms with van der Waals surface area (Å²) in [5, 5.41) is 11.3. The quantitative estimate of drug-likeness (QED) is 0.785. The highest BCUT2D eigenvalue weighted by molar-refractivity contribution is 9.10. The summed E-state index contributed by atoms with van der Waals surface area (Å²) in [4.78, 5) is 21.2. The molecule has 92 valence electrons. The fraction of sp³-hybridized carbons (Fsp3) is 0.273. The van der Waals surface area contributed by atoms with E-state index in [9.17, 15) is 9.59 Å². The molecule has 2 N–H and O–H groups in total. The van der Waals surface area contributed by atoms with Crippen molar-refractivity contribution in [1.82, 2.24) is 5.32 Å². The number of benzene rings is 1. The molecule has 1 unspecified atom stereocenters. The molecule has 0 saturated carbocycles. The second-order valence-corrected chi connectivity index (χ2v) is 4.18. The first-order chi connectivity index (χ1) is 8.08. The maximum atomic E-state index is 10.7. The van der Waals surface area contributed by atoms with Gasteiger partial charge in [0.05, 0.1) is 19.6 Å². The lowest BCUT2D eigenvalue weighted by Crippen LogP contribution is -2.22. The van der Waals surface area contributed by atoms with Crippen LogP contribution in [0.25, 0.3) is 0 Å². The highest BCUT2D eigenvalue weighted by Crippen LogP contribution is 2.29. The third-order valence-electron chi connectivity index (χ3n) is 2.23. The van der Waals surface area contributed by atoms with Crippen LogP contribution in [0, 0.1) is 0 Å². The number of nitrogens with one attached hydrogen (secondary N) is 1. The molecule has 17 heavy (non-hydrogen) atoms. The molecule has 0 bridgehead atoms. The van der Waals surface area contributed by atoms with Crippen molar-refractivity contribution in [2.45, 2.75) is 12.5 Å². The molecule has 1 atom stereocenters. The number of carboxylic acid groups (broad SMARTS) is 1. The molecule has 0 aliphatic carbocycles. The van der Waals surface area contributed by atoms with Gasteiger partial charge in [-0.25, -0.2) is 0 Å². The number of amides is 1. The molecule has 0 radical (unpaired) electrons. The van der Waals surface area contributed by atoms with Gasteiger partial charge in [0.15, 0.2) is 0 Å². The number of carboxylic acids is 1. The molecule has 0 spiro atoms. The predicted octanol–water partition coefficient (Wildman–Crippen LogP) is 1.72.